The fraction of sp³-hybridized carbons (Fsp3) is 0.571. The van der Waals surface area contributed by atoms with Crippen molar-refractivity contribution < 1.29 is 14.6 Å². The Kier molecular flexibility index (Phi) is 3.78. The third-order valence-electron chi connectivity index (χ3n) is 3.64. The lowest BCUT2D eigenvalue weighted by atomic mass is 9.85. The normalized spacial score (nSPS) is 23.8. The van der Waals surface area contributed by atoms with E-state index in [9.17, 15) is 5.11 Å². The lowest BCUT2D eigenvalue weighted by Crippen LogP contribution is -2.43. The molecule has 1 atom stereocenters. The first kappa shape index (κ1) is 13.2. The molecule has 1 aromatic carbocycles. The number of rotatable bonds is 3. The van der Waals surface area contributed by atoms with Gasteiger partial charge in [-0.25, -0.2) is 0 Å². The Hall–Kier alpha value is -1.26. The molecule has 1 aromatic rings. The first-order chi connectivity index (χ1) is 8.62. The van der Waals surface area contributed by atoms with Gasteiger partial charge in [-0.2, -0.15) is 0 Å². The van der Waals surface area contributed by atoms with Crippen molar-refractivity contribution in [2.24, 2.45) is 0 Å². The summed E-state index contributed by atoms with van der Waals surface area (Å²) in [6.45, 7) is 3.47. The van der Waals surface area contributed by atoms with Crippen molar-refractivity contribution in [1.82, 2.24) is 5.32 Å². The number of benzene rings is 1. The Labute approximate surface area is 108 Å². The summed E-state index contributed by atoms with van der Waals surface area (Å²) in [6.07, 6.45) is 1.72. The van der Waals surface area contributed by atoms with E-state index in [-0.39, 0.29) is 0 Å². The van der Waals surface area contributed by atoms with Crippen LogP contribution in [0.3, 0.4) is 0 Å². The zero-order chi connectivity index (χ0) is 13.2. The molecule has 0 amide bonds. The Balaban J connectivity index is 2.46. The monoisotopic (exact) mass is 251 g/mol. The summed E-state index contributed by atoms with van der Waals surface area (Å²) in [4.78, 5) is 0. The van der Waals surface area contributed by atoms with E-state index in [4.69, 9.17) is 9.47 Å². The van der Waals surface area contributed by atoms with E-state index in [2.05, 4.69) is 5.32 Å². The van der Waals surface area contributed by atoms with Gasteiger partial charge >= 0.3 is 0 Å². The second kappa shape index (κ2) is 5.16. The summed E-state index contributed by atoms with van der Waals surface area (Å²) in [6, 6.07) is 3.79. The first-order valence-corrected chi connectivity index (χ1v) is 6.27. The van der Waals surface area contributed by atoms with Crippen LogP contribution in [0.2, 0.25) is 0 Å². The fourth-order valence-corrected chi connectivity index (χ4v) is 2.64. The van der Waals surface area contributed by atoms with Crippen LogP contribution in [0, 0.1) is 6.92 Å². The van der Waals surface area contributed by atoms with Crippen LogP contribution < -0.4 is 14.8 Å². The van der Waals surface area contributed by atoms with Crippen LogP contribution >= 0.6 is 0 Å². The average Bonchev–Trinajstić information content (AvgIpc) is 2.39. The zero-order valence-electron chi connectivity index (χ0n) is 11.2. The average molecular weight is 251 g/mol. The predicted octanol–water partition coefficient (Wildman–Crippen LogP) is 1.58. The Morgan fingerprint density at radius 1 is 1.28 bits per heavy atom. The highest BCUT2D eigenvalue weighted by Crippen LogP contribution is 2.39. The SMILES string of the molecule is COc1ccc(C2(O)CCCNC2)c(OC)c1C. The molecule has 18 heavy (non-hydrogen) atoms. The van der Waals surface area contributed by atoms with Gasteiger partial charge in [0.05, 0.1) is 14.2 Å². The number of hydrogen-bond acceptors (Lipinski definition) is 4. The van der Waals surface area contributed by atoms with Gasteiger partial charge in [-0.15, -0.1) is 0 Å². The first-order valence-electron chi connectivity index (χ1n) is 6.27. The van der Waals surface area contributed by atoms with Gasteiger partial charge in [-0.05, 0) is 38.4 Å². The Morgan fingerprint density at radius 2 is 2.06 bits per heavy atom. The summed E-state index contributed by atoms with van der Waals surface area (Å²) in [5.74, 6) is 1.50. The fourth-order valence-electron chi connectivity index (χ4n) is 2.64. The van der Waals surface area contributed by atoms with Crippen molar-refractivity contribution in [3.8, 4) is 11.5 Å². The third-order valence-corrected chi connectivity index (χ3v) is 3.64. The van der Waals surface area contributed by atoms with Gasteiger partial charge in [0.2, 0.25) is 0 Å². The lowest BCUT2D eigenvalue weighted by molar-refractivity contribution is 0.0101. The molecule has 4 nitrogen and oxygen atoms in total. The van der Waals surface area contributed by atoms with Gasteiger partial charge < -0.3 is 19.9 Å². The van der Waals surface area contributed by atoms with Crippen LogP contribution in [0.1, 0.15) is 24.0 Å². The molecular weight excluding hydrogens is 230 g/mol. The van der Waals surface area contributed by atoms with Crippen LogP contribution in [0.25, 0.3) is 0 Å². The van der Waals surface area contributed by atoms with Crippen molar-refractivity contribution in [3.05, 3.63) is 23.3 Å². The molecule has 4 heteroatoms. The van der Waals surface area contributed by atoms with Crippen molar-refractivity contribution >= 4 is 0 Å². The molecule has 100 valence electrons. The number of hydrogen-bond donors (Lipinski definition) is 2. The Bertz CT molecular complexity index is 425. The highest BCUT2D eigenvalue weighted by atomic mass is 16.5. The second-order valence-corrected chi connectivity index (χ2v) is 4.79. The molecule has 0 aliphatic carbocycles. The molecule has 2 N–H and O–H groups in total. The van der Waals surface area contributed by atoms with Crippen LogP contribution in [0.4, 0.5) is 0 Å². The highest BCUT2D eigenvalue weighted by Gasteiger charge is 2.34. The zero-order valence-corrected chi connectivity index (χ0v) is 11.2. The second-order valence-electron chi connectivity index (χ2n) is 4.79. The topological polar surface area (TPSA) is 50.7 Å². The van der Waals surface area contributed by atoms with Crippen molar-refractivity contribution in [2.45, 2.75) is 25.4 Å². The van der Waals surface area contributed by atoms with E-state index in [1.807, 2.05) is 19.1 Å². The highest BCUT2D eigenvalue weighted by molar-refractivity contribution is 5.51. The van der Waals surface area contributed by atoms with E-state index < -0.39 is 5.60 Å². The summed E-state index contributed by atoms with van der Waals surface area (Å²) < 4.78 is 10.8. The van der Waals surface area contributed by atoms with Crippen LogP contribution in [-0.4, -0.2) is 32.4 Å². The molecule has 0 radical (unpaired) electrons. The summed E-state index contributed by atoms with van der Waals surface area (Å²) in [5.41, 5.74) is 0.924. The number of aliphatic hydroxyl groups is 1. The van der Waals surface area contributed by atoms with Crippen LogP contribution in [-0.2, 0) is 5.60 Å². The molecule has 2 rings (SSSR count). The summed E-state index contributed by atoms with van der Waals surface area (Å²) in [7, 11) is 3.27. The molecule has 0 spiro atoms. The molecule has 0 aromatic heterocycles. The maximum atomic E-state index is 10.8. The Morgan fingerprint density at radius 3 is 2.61 bits per heavy atom. The maximum absolute atomic E-state index is 10.8. The maximum Gasteiger partial charge on any atom is 0.131 e. The number of ether oxygens (including phenoxy) is 2. The van der Waals surface area contributed by atoms with Crippen molar-refractivity contribution in [3.63, 3.8) is 0 Å². The molecule has 1 fully saturated rings. The minimum absolute atomic E-state index is 0.565. The van der Waals surface area contributed by atoms with Crippen LogP contribution in [0.5, 0.6) is 11.5 Å². The molecule has 1 saturated heterocycles. The van der Waals surface area contributed by atoms with E-state index in [1.165, 1.54) is 0 Å². The molecule has 1 unspecified atom stereocenters. The quantitative estimate of drug-likeness (QED) is 0.856. The van der Waals surface area contributed by atoms with Gasteiger partial charge in [0, 0.05) is 17.7 Å². The van der Waals surface area contributed by atoms with E-state index in [1.54, 1.807) is 14.2 Å². The standard InChI is InChI=1S/C14H21NO3/c1-10-12(17-2)6-5-11(13(10)18-3)14(16)7-4-8-15-9-14/h5-6,15-16H,4,7-9H2,1-3H3. The summed E-state index contributed by atoms with van der Waals surface area (Å²) in [5, 5.41) is 14.0. The molecule has 1 aliphatic rings. The molecule has 1 heterocycles. The number of piperidine rings is 1. The smallest absolute Gasteiger partial charge is 0.131 e. The third kappa shape index (κ3) is 2.18. The number of β-amino-alcohol motifs (C(OH)–C–C–N with tert-alkyl or cyclic N) is 1. The number of nitrogens with one attached hydrogen (secondary N) is 1. The predicted molar refractivity (Wildman–Crippen MR) is 70.3 cm³/mol. The number of methoxy groups -OCH3 is 2. The van der Waals surface area contributed by atoms with E-state index in [0.717, 1.165) is 42.0 Å². The largest absolute Gasteiger partial charge is 0.496 e. The van der Waals surface area contributed by atoms with Crippen molar-refractivity contribution in [2.75, 3.05) is 27.3 Å². The van der Waals surface area contributed by atoms with Gasteiger partial charge in [0.1, 0.15) is 17.1 Å². The van der Waals surface area contributed by atoms with Gasteiger partial charge in [0.25, 0.3) is 0 Å². The minimum Gasteiger partial charge on any atom is -0.496 e. The van der Waals surface area contributed by atoms with Gasteiger partial charge in [0.15, 0.2) is 0 Å². The van der Waals surface area contributed by atoms with Crippen molar-refractivity contribution in [1.29, 1.82) is 0 Å². The summed E-state index contributed by atoms with van der Waals surface area (Å²) >= 11 is 0. The lowest BCUT2D eigenvalue weighted by Gasteiger charge is -2.34. The molecule has 0 saturated carbocycles. The van der Waals surface area contributed by atoms with Crippen LogP contribution in [0.15, 0.2) is 12.1 Å². The van der Waals surface area contributed by atoms with E-state index in [0.29, 0.717) is 6.54 Å². The molecule has 1 aliphatic heterocycles. The molecule has 0 bridgehead atoms. The molecular formula is C14H21NO3. The minimum atomic E-state index is -0.847. The van der Waals surface area contributed by atoms with Gasteiger partial charge in [-0.1, -0.05) is 0 Å². The van der Waals surface area contributed by atoms with E-state index >= 15 is 0 Å². The van der Waals surface area contributed by atoms with Gasteiger partial charge in [-0.3, -0.25) is 0 Å².